The van der Waals surface area contributed by atoms with Crippen LogP contribution in [0, 0.1) is 0 Å². The van der Waals surface area contributed by atoms with Crippen LogP contribution in [0.3, 0.4) is 0 Å². The van der Waals surface area contributed by atoms with E-state index in [1.165, 1.54) is 36.4 Å². The predicted octanol–water partition coefficient (Wildman–Crippen LogP) is 3.72. The molecule has 106 valence electrons. The van der Waals surface area contributed by atoms with E-state index in [9.17, 15) is 13.2 Å². The Kier molecular flexibility index (Phi) is 3.38. The van der Waals surface area contributed by atoms with Gasteiger partial charge in [-0.1, -0.05) is 36.4 Å². The van der Waals surface area contributed by atoms with Crippen LogP contribution in [0.15, 0.2) is 48.5 Å². The number of rotatable bonds is 2. The van der Waals surface area contributed by atoms with Crippen molar-refractivity contribution in [3.63, 3.8) is 0 Å². The van der Waals surface area contributed by atoms with E-state index in [1.54, 1.807) is 12.1 Å². The van der Waals surface area contributed by atoms with Crippen molar-refractivity contribution >= 4 is 11.4 Å². The van der Waals surface area contributed by atoms with Crippen molar-refractivity contribution in [2.24, 2.45) is 0 Å². The Balaban J connectivity index is 2.78. The molecule has 2 nitrogen and oxygen atoms in total. The normalized spacial score (nSPS) is 12.4. The summed E-state index contributed by atoms with van der Waals surface area (Å²) in [4.78, 5) is 0. The van der Waals surface area contributed by atoms with E-state index in [2.05, 4.69) is 0 Å². The zero-order valence-corrected chi connectivity index (χ0v) is 10.9. The van der Waals surface area contributed by atoms with Gasteiger partial charge in [0.15, 0.2) is 0 Å². The molecule has 0 fully saturated rings. The first-order valence-electron chi connectivity index (χ1n) is 6.05. The first-order valence-corrected chi connectivity index (χ1v) is 6.05. The number of hydrogen-bond donors (Lipinski definition) is 2. The summed E-state index contributed by atoms with van der Waals surface area (Å²) in [5.74, 6) is 0. The molecule has 0 amide bonds. The molecule has 0 saturated heterocycles. The summed E-state index contributed by atoms with van der Waals surface area (Å²) in [6.45, 7) is 1.10. The van der Waals surface area contributed by atoms with E-state index >= 15 is 0 Å². The minimum Gasteiger partial charge on any atom is -0.398 e. The molecule has 20 heavy (non-hydrogen) atoms. The number of nitrogens with two attached hydrogens (primary N) is 2. The maximum atomic E-state index is 13.7. The Morgan fingerprint density at radius 3 is 1.40 bits per heavy atom. The minimum atomic E-state index is -4.52. The number of alkyl halides is 3. The van der Waals surface area contributed by atoms with Gasteiger partial charge in [-0.2, -0.15) is 13.2 Å². The fourth-order valence-electron chi connectivity index (χ4n) is 2.36. The van der Waals surface area contributed by atoms with Crippen molar-refractivity contribution < 1.29 is 13.2 Å². The van der Waals surface area contributed by atoms with Crippen molar-refractivity contribution in [1.82, 2.24) is 0 Å². The van der Waals surface area contributed by atoms with E-state index in [0.29, 0.717) is 0 Å². The third-order valence-electron chi connectivity index (χ3n) is 3.57. The van der Waals surface area contributed by atoms with E-state index < -0.39 is 11.6 Å². The third kappa shape index (κ3) is 2.09. The summed E-state index contributed by atoms with van der Waals surface area (Å²) >= 11 is 0. The standard InChI is InChI=1S/C15H15F3N2/c1-14(15(16,17)18,10-6-2-4-8-12(10)19)11-7-3-5-9-13(11)20/h2-9H,19-20H2,1H3. The van der Waals surface area contributed by atoms with Gasteiger partial charge >= 0.3 is 6.18 Å². The van der Waals surface area contributed by atoms with Crippen LogP contribution in [0.2, 0.25) is 0 Å². The van der Waals surface area contributed by atoms with Gasteiger partial charge in [0.1, 0.15) is 5.41 Å². The Morgan fingerprint density at radius 2 is 1.10 bits per heavy atom. The molecule has 0 heterocycles. The Hall–Kier alpha value is -2.17. The molecule has 0 aliphatic rings. The van der Waals surface area contributed by atoms with Gasteiger partial charge in [0.2, 0.25) is 0 Å². The maximum Gasteiger partial charge on any atom is 0.402 e. The predicted molar refractivity (Wildman–Crippen MR) is 74.2 cm³/mol. The smallest absolute Gasteiger partial charge is 0.398 e. The molecule has 0 spiro atoms. The van der Waals surface area contributed by atoms with E-state index in [-0.39, 0.29) is 22.5 Å². The zero-order chi connectivity index (χ0) is 15.0. The Bertz CT molecular complexity index is 575. The van der Waals surface area contributed by atoms with E-state index in [0.717, 1.165) is 6.92 Å². The quantitative estimate of drug-likeness (QED) is 0.824. The number of halogens is 3. The van der Waals surface area contributed by atoms with Gasteiger partial charge in [0.25, 0.3) is 0 Å². The molecule has 0 aliphatic carbocycles. The molecule has 0 saturated carbocycles. The Morgan fingerprint density at radius 1 is 0.750 bits per heavy atom. The summed E-state index contributed by atoms with van der Waals surface area (Å²) in [7, 11) is 0. The summed E-state index contributed by atoms with van der Waals surface area (Å²) < 4.78 is 41.2. The number of para-hydroxylation sites is 2. The van der Waals surface area contributed by atoms with Gasteiger partial charge in [-0.3, -0.25) is 0 Å². The van der Waals surface area contributed by atoms with Gasteiger partial charge in [0, 0.05) is 11.4 Å². The van der Waals surface area contributed by atoms with Crippen molar-refractivity contribution in [2.75, 3.05) is 11.5 Å². The summed E-state index contributed by atoms with van der Waals surface area (Å²) in [6, 6.07) is 12.0. The highest BCUT2D eigenvalue weighted by Gasteiger charge is 2.54. The number of anilines is 2. The second-order valence-corrected chi connectivity index (χ2v) is 4.80. The monoisotopic (exact) mass is 280 g/mol. The van der Waals surface area contributed by atoms with Crippen LogP contribution in [-0.4, -0.2) is 6.18 Å². The summed E-state index contributed by atoms with van der Waals surface area (Å²) in [5.41, 5.74) is 9.45. The molecule has 0 aromatic heterocycles. The first kappa shape index (κ1) is 14.2. The molecule has 2 aromatic rings. The van der Waals surface area contributed by atoms with Gasteiger partial charge in [-0.05, 0) is 30.2 Å². The Labute approximate surface area is 115 Å². The molecule has 5 heteroatoms. The molecule has 0 bridgehead atoms. The SMILES string of the molecule is CC(c1ccccc1N)(c1ccccc1N)C(F)(F)F. The molecule has 0 aliphatic heterocycles. The van der Waals surface area contributed by atoms with E-state index in [4.69, 9.17) is 11.5 Å². The zero-order valence-electron chi connectivity index (χ0n) is 10.9. The molecule has 0 unspecified atom stereocenters. The van der Waals surface area contributed by atoms with Crippen LogP contribution in [-0.2, 0) is 5.41 Å². The van der Waals surface area contributed by atoms with Gasteiger partial charge in [-0.25, -0.2) is 0 Å². The molecule has 4 N–H and O–H groups in total. The lowest BCUT2D eigenvalue weighted by molar-refractivity contribution is -0.172. The van der Waals surface area contributed by atoms with Gasteiger partial charge < -0.3 is 11.5 Å². The summed E-state index contributed by atoms with van der Waals surface area (Å²) in [6.07, 6.45) is -4.52. The molecule has 2 aromatic carbocycles. The molecular weight excluding hydrogens is 265 g/mol. The van der Waals surface area contributed by atoms with Crippen LogP contribution < -0.4 is 11.5 Å². The first-order chi connectivity index (χ1) is 9.28. The molecule has 0 radical (unpaired) electrons. The largest absolute Gasteiger partial charge is 0.402 e. The minimum absolute atomic E-state index is 0.00500. The van der Waals surface area contributed by atoms with Crippen LogP contribution in [0.5, 0.6) is 0 Å². The van der Waals surface area contributed by atoms with Crippen molar-refractivity contribution in [1.29, 1.82) is 0 Å². The molecular formula is C15H15F3N2. The number of benzene rings is 2. The molecule has 0 atom stereocenters. The topological polar surface area (TPSA) is 52.0 Å². The fourth-order valence-corrected chi connectivity index (χ4v) is 2.36. The van der Waals surface area contributed by atoms with Crippen molar-refractivity contribution in [2.45, 2.75) is 18.5 Å². The number of nitrogen functional groups attached to an aromatic ring is 2. The lowest BCUT2D eigenvalue weighted by Gasteiger charge is -2.34. The summed E-state index contributed by atoms with van der Waals surface area (Å²) in [5, 5.41) is 0. The lowest BCUT2D eigenvalue weighted by Crippen LogP contribution is -2.41. The average Bonchev–Trinajstić information content (AvgIpc) is 2.37. The van der Waals surface area contributed by atoms with E-state index in [1.807, 2.05) is 0 Å². The third-order valence-corrected chi connectivity index (χ3v) is 3.57. The average molecular weight is 280 g/mol. The van der Waals surface area contributed by atoms with Gasteiger partial charge in [0.05, 0.1) is 0 Å². The second-order valence-electron chi connectivity index (χ2n) is 4.80. The highest BCUT2D eigenvalue weighted by molar-refractivity contribution is 5.61. The lowest BCUT2D eigenvalue weighted by atomic mass is 9.74. The van der Waals surface area contributed by atoms with Crippen LogP contribution in [0.1, 0.15) is 18.1 Å². The highest BCUT2D eigenvalue weighted by Crippen LogP contribution is 2.49. The molecule has 2 rings (SSSR count). The van der Waals surface area contributed by atoms with Gasteiger partial charge in [-0.15, -0.1) is 0 Å². The van der Waals surface area contributed by atoms with Crippen LogP contribution in [0.25, 0.3) is 0 Å². The fraction of sp³-hybridized carbons (Fsp3) is 0.200. The van der Waals surface area contributed by atoms with Crippen LogP contribution in [0.4, 0.5) is 24.5 Å². The van der Waals surface area contributed by atoms with Crippen molar-refractivity contribution in [3.05, 3.63) is 59.7 Å². The number of hydrogen-bond acceptors (Lipinski definition) is 2. The highest BCUT2D eigenvalue weighted by atomic mass is 19.4. The van der Waals surface area contributed by atoms with Crippen molar-refractivity contribution in [3.8, 4) is 0 Å². The maximum absolute atomic E-state index is 13.7. The van der Waals surface area contributed by atoms with Crippen LogP contribution >= 0.6 is 0 Å². The second kappa shape index (κ2) is 4.74.